The Hall–Kier alpha value is -3.18. The highest BCUT2D eigenvalue weighted by Crippen LogP contribution is 2.31. The maximum Gasteiger partial charge on any atom is 0.161 e. The summed E-state index contributed by atoms with van der Waals surface area (Å²) in [5.41, 5.74) is 3.26. The summed E-state index contributed by atoms with van der Waals surface area (Å²) in [7, 11) is 5.00. The number of ether oxygens (including phenoxy) is 4. The van der Waals surface area contributed by atoms with Crippen LogP contribution in [0.15, 0.2) is 66.7 Å². The lowest BCUT2D eigenvalue weighted by atomic mass is 10.1. The van der Waals surface area contributed by atoms with E-state index >= 15 is 0 Å². The summed E-state index contributed by atoms with van der Waals surface area (Å²) < 4.78 is 22.4. The SMILES string of the molecule is COc1ccc(OC)c(C(C)NCc2ccc(OC)c(OCc3ccccc3)c2)c1. The van der Waals surface area contributed by atoms with Crippen molar-refractivity contribution in [2.75, 3.05) is 21.3 Å². The molecule has 3 aromatic rings. The highest BCUT2D eigenvalue weighted by atomic mass is 16.5. The third-order valence-electron chi connectivity index (χ3n) is 4.98. The Kier molecular flexibility index (Phi) is 7.57. The lowest BCUT2D eigenvalue weighted by Gasteiger charge is -2.19. The topological polar surface area (TPSA) is 49.0 Å². The Balaban J connectivity index is 1.69. The van der Waals surface area contributed by atoms with E-state index in [9.17, 15) is 0 Å². The molecule has 0 saturated carbocycles. The van der Waals surface area contributed by atoms with Crippen LogP contribution in [0.4, 0.5) is 0 Å². The number of benzene rings is 3. The molecule has 158 valence electrons. The second-order valence-corrected chi connectivity index (χ2v) is 6.97. The van der Waals surface area contributed by atoms with Crippen LogP contribution < -0.4 is 24.3 Å². The van der Waals surface area contributed by atoms with Crippen LogP contribution in [0.2, 0.25) is 0 Å². The van der Waals surface area contributed by atoms with E-state index in [2.05, 4.69) is 12.2 Å². The van der Waals surface area contributed by atoms with Gasteiger partial charge in [-0.2, -0.15) is 0 Å². The normalized spacial score (nSPS) is 11.6. The molecular weight excluding hydrogens is 378 g/mol. The predicted octanol–water partition coefficient (Wildman–Crippen LogP) is 5.14. The van der Waals surface area contributed by atoms with Gasteiger partial charge in [0.15, 0.2) is 11.5 Å². The zero-order valence-electron chi connectivity index (χ0n) is 18.0. The number of nitrogens with one attached hydrogen (secondary N) is 1. The van der Waals surface area contributed by atoms with E-state index in [0.717, 1.165) is 39.7 Å². The molecule has 0 heterocycles. The van der Waals surface area contributed by atoms with Crippen LogP contribution in [0, 0.1) is 0 Å². The van der Waals surface area contributed by atoms with Crippen molar-refractivity contribution < 1.29 is 18.9 Å². The molecule has 5 heteroatoms. The molecule has 0 aliphatic rings. The molecule has 30 heavy (non-hydrogen) atoms. The van der Waals surface area contributed by atoms with Gasteiger partial charge < -0.3 is 24.3 Å². The van der Waals surface area contributed by atoms with Crippen LogP contribution in [0.3, 0.4) is 0 Å². The molecule has 0 aliphatic carbocycles. The standard InChI is InChI=1S/C25H29NO4/c1-18(22-15-21(27-2)11-13-23(22)28-3)26-16-20-10-12-24(29-4)25(14-20)30-17-19-8-6-5-7-9-19/h5-15,18,26H,16-17H2,1-4H3. The molecule has 0 spiro atoms. The summed E-state index contributed by atoms with van der Waals surface area (Å²) in [6.45, 7) is 3.27. The fraction of sp³-hybridized carbons (Fsp3) is 0.280. The van der Waals surface area contributed by atoms with E-state index in [-0.39, 0.29) is 6.04 Å². The van der Waals surface area contributed by atoms with Crippen LogP contribution in [-0.2, 0) is 13.2 Å². The minimum absolute atomic E-state index is 0.0749. The van der Waals surface area contributed by atoms with Crippen molar-refractivity contribution in [1.82, 2.24) is 5.32 Å². The Bertz CT molecular complexity index is 943. The minimum Gasteiger partial charge on any atom is -0.497 e. The third kappa shape index (κ3) is 5.45. The second kappa shape index (κ2) is 10.6. The van der Waals surface area contributed by atoms with E-state index in [0.29, 0.717) is 13.2 Å². The van der Waals surface area contributed by atoms with Gasteiger partial charge in [-0.1, -0.05) is 36.4 Å². The van der Waals surface area contributed by atoms with Gasteiger partial charge in [0.2, 0.25) is 0 Å². The van der Waals surface area contributed by atoms with Crippen molar-refractivity contribution in [3.8, 4) is 23.0 Å². The summed E-state index contributed by atoms with van der Waals surface area (Å²) >= 11 is 0. The molecule has 0 fully saturated rings. The molecule has 0 aromatic heterocycles. The van der Waals surface area contributed by atoms with Gasteiger partial charge in [-0.15, -0.1) is 0 Å². The quantitative estimate of drug-likeness (QED) is 0.504. The fourth-order valence-electron chi connectivity index (χ4n) is 3.24. The summed E-state index contributed by atoms with van der Waals surface area (Å²) in [6.07, 6.45) is 0. The highest BCUT2D eigenvalue weighted by Gasteiger charge is 2.13. The number of hydrogen-bond donors (Lipinski definition) is 1. The van der Waals surface area contributed by atoms with Crippen LogP contribution in [-0.4, -0.2) is 21.3 Å². The van der Waals surface area contributed by atoms with Gasteiger partial charge in [-0.25, -0.2) is 0 Å². The third-order valence-corrected chi connectivity index (χ3v) is 4.98. The van der Waals surface area contributed by atoms with Crippen LogP contribution in [0.5, 0.6) is 23.0 Å². The molecule has 1 unspecified atom stereocenters. The van der Waals surface area contributed by atoms with E-state index in [1.807, 2.05) is 66.7 Å². The Morgan fingerprint density at radius 2 is 1.47 bits per heavy atom. The van der Waals surface area contributed by atoms with Gasteiger partial charge in [0.05, 0.1) is 21.3 Å². The molecule has 5 nitrogen and oxygen atoms in total. The first-order valence-corrected chi connectivity index (χ1v) is 9.93. The zero-order chi connectivity index (χ0) is 21.3. The number of hydrogen-bond acceptors (Lipinski definition) is 5. The lowest BCUT2D eigenvalue weighted by molar-refractivity contribution is 0.284. The van der Waals surface area contributed by atoms with Crippen LogP contribution in [0.1, 0.15) is 29.7 Å². The van der Waals surface area contributed by atoms with Crippen LogP contribution in [0.25, 0.3) is 0 Å². The summed E-state index contributed by atoms with van der Waals surface area (Å²) in [4.78, 5) is 0. The second-order valence-electron chi connectivity index (χ2n) is 6.97. The maximum absolute atomic E-state index is 6.02. The van der Waals surface area contributed by atoms with E-state index in [1.165, 1.54) is 0 Å². The number of methoxy groups -OCH3 is 3. The first-order chi connectivity index (χ1) is 14.6. The molecule has 3 aromatic carbocycles. The Morgan fingerprint density at radius 3 is 2.17 bits per heavy atom. The fourth-order valence-corrected chi connectivity index (χ4v) is 3.24. The minimum atomic E-state index is 0.0749. The summed E-state index contributed by atoms with van der Waals surface area (Å²) in [5.74, 6) is 3.09. The van der Waals surface area contributed by atoms with Gasteiger partial charge in [-0.3, -0.25) is 0 Å². The molecule has 0 radical (unpaired) electrons. The molecule has 1 atom stereocenters. The number of rotatable bonds is 10. The van der Waals surface area contributed by atoms with Gasteiger partial charge in [0.25, 0.3) is 0 Å². The summed E-state index contributed by atoms with van der Waals surface area (Å²) in [6, 6.07) is 22.0. The average molecular weight is 408 g/mol. The van der Waals surface area contributed by atoms with Gasteiger partial charge in [0, 0.05) is 18.2 Å². The van der Waals surface area contributed by atoms with Gasteiger partial charge in [0.1, 0.15) is 18.1 Å². The van der Waals surface area contributed by atoms with Crippen molar-refractivity contribution in [3.05, 3.63) is 83.4 Å². The zero-order valence-corrected chi connectivity index (χ0v) is 18.0. The predicted molar refractivity (Wildman–Crippen MR) is 119 cm³/mol. The largest absolute Gasteiger partial charge is 0.497 e. The first kappa shape index (κ1) is 21.5. The summed E-state index contributed by atoms with van der Waals surface area (Å²) in [5, 5.41) is 3.55. The van der Waals surface area contributed by atoms with Crippen molar-refractivity contribution in [3.63, 3.8) is 0 Å². The van der Waals surface area contributed by atoms with Crippen molar-refractivity contribution in [2.45, 2.75) is 26.1 Å². The van der Waals surface area contributed by atoms with E-state index in [1.54, 1.807) is 21.3 Å². The molecular formula is C25H29NO4. The highest BCUT2D eigenvalue weighted by molar-refractivity contribution is 5.44. The Labute approximate surface area is 178 Å². The van der Waals surface area contributed by atoms with E-state index in [4.69, 9.17) is 18.9 Å². The van der Waals surface area contributed by atoms with Crippen molar-refractivity contribution in [1.29, 1.82) is 0 Å². The molecule has 0 saturated heterocycles. The van der Waals surface area contributed by atoms with Crippen LogP contribution >= 0.6 is 0 Å². The lowest BCUT2D eigenvalue weighted by Crippen LogP contribution is -2.19. The van der Waals surface area contributed by atoms with Crippen molar-refractivity contribution in [2.24, 2.45) is 0 Å². The molecule has 0 aliphatic heterocycles. The molecule has 3 rings (SSSR count). The molecule has 0 amide bonds. The Morgan fingerprint density at radius 1 is 0.733 bits per heavy atom. The smallest absolute Gasteiger partial charge is 0.161 e. The average Bonchev–Trinajstić information content (AvgIpc) is 2.81. The monoisotopic (exact) mass is 407 g/mol. The molecule has 0 bridgehead atoms. The molecule has 1 N–H and O–H groups in total. The van der Waals surface area contributed by atoms with Gasteiger partial charge in [-0.05, 0) is 48.4 Å². The van der Waals surface area contributed by atoms with E-state index < -0.39 is 0 Å². The van der Waals surface area contributed by atoms with Gasteiger partial charge >= 0.3 is 0 Å². The van der Waals surface area contributed by atoms with Crippen molar-refractivity contribution >= 4 is 0 Å². The first-order valence-electron chi connectivity index (χ1n) is 9.93. The maximum atomic E-state index is 6.02.